The maximum atomic E-state index is 13.7. The Labute approximate surface area is 147 Å². The fraction of sp³-hybridized carbons (Fsp3) is 0.0556. The summed E-state index contributed by atoms with van der Waals surface area (Å²) in [5.41, 5.74) is 0.936. The van der Waals surface area contributed by atoms with Crippen LogP contribution in [0.5, 0.6) is 11.5 Å². The lowest BCUT2D eigenvalue weighted by molar-refractivity contribution is 0.102. The molecule has 7 nitrogen and oxygen atoms in total. The second-order valence-corrected chi connectivity index (χ2v) is 5.42. The molecule has 0 bridgehead atoms. The molecule has 0 saturated carbocycles. The smallest absolute Gasteiger partial charge is 0.274 e. The first-order valence-corrected chi connectivity index (χ1v) is 7.74. The van der Waals surface area contributed by atoms with Gasteiger partial charge in [-0.15, -0.1) is 0 Å². The third-order valence-electron chi connectivity index (χ3n) is 3.67. The number of ether oxygens (including phenoxy) is 2. The Hall–Kier alpha value is -3.68. The van der Waals surface area contributed by atoms with Crippen molar-refractivity contribution in [3.05, 3.63) is 66.4 Å². The number of halogens is 1. The molecule has 0 spiro atoms. The molecule has 0 radical (unpaired) electrons. The summed E-state index contributed by atoms with van der Waals surface area (Å²) in [4.78, 5) is 20.4. The quantitative estimate of drug-likeness (QED) is 0.749. The van der Waals surface area contributed by atoms with Crippen molar-refractivity contribution in [1.82, 2.24) is 9.97 Å². The maximum Gasteiger partial charge on any atom is 0.274 e. The molecule has 1 aliphatic heterocycles. The predicted molar refractivity (Wildman–Crippen MR) is 92.2 cm³/mol. The van der Waals surface area contributed by atoms with Gasteiger partial charge < -0.3 is 20.1 Å². The monoisotopic (exact) mass is 352 g/mol. The molecule has 0 atom stereocenters. The van der Waals surface area contributed by atoms with E-state index < -0.39 is 11.7 Å². The van der Waals surface area contributed by atoms with E-state index in [0.29, 0.717) is 23.0 Å². The van der Waals surface area contributed by atoms with Crippen LogP contribution in [0.1, 0.15) is 10.5 Å². The molecular formula is C18H13FN4O3. The van der Waals surface area contributed by atoms with E-state index in [1.54, 1.807) is 36.4 Å². The van der Waals surface area contributed by atoms with Crippen molar-refractivity contribution in [3.8, 4) is 11.5 Å². The summed E-state index contributed by atoms with van der Waals surface area (Å²) in [6, 6.07) is 12.7. The van der Waals surface area contributed by atoms with Crippen molar-refractivity contribution in [1.29, 1.82) is 0 Å². The Bertz CT molecular complexity index is 980. The number of carbonyl (C=O) groups is 1. The van der Waals surface area contributed by atoms with Gasteiger partial charge in [0, 0.05) is 17.8 Å². The number of para-hydroxylation sites is 1. The zero-order valence-corrected chi connectivity index (χ0v) is 13.4. The second-order valence-electron chi connectivity index (χ2n) is 5.42. The molecule has 1 aromatic heterocycles. The van der Waals surface area contributed by atoms with Crippen LogP contribution < -0.4 is 20.1 Å². The van der Waals surface area contributed by atoms with Gasteiger partial charge in [-0.1, -0.05) is 12.1 Å². The average Bonchev–Trinajstić information content (AvgIpc) is 3.12. The number of nitrogens with zero attached hydrogens (tertiary/aromatic N) is 2. The van der Waals surface area contributed by atoms with E-state index in [-0.39, 0.29) is 18.2 Å². The summed E-state index contributed by atoms with van der Waals surface area (Å²) in [5, 5.41) is 5.55. The van der Waals surface area contributed by atoms with Crippen molar-refractivity contribution in [2.24, 2.45) is 0 Å². The number of nitrogens with one attached hydrogen (secondary N) is 2. The van der Waals surface area contributed by atoms with Crippen LogP contribution >= 0.6 is 0 Å². The van der Waals surface area contributed by atoms with Gasteiger partial charge >= 0.3 is 0 Å². The van der Waals surface area contributed by atoms with Gasteiger partial charge in [-0.3, -0.25) is 4.79 Å². The summed E-state index contributed by atoms with van der Waals surface area (Å²) in [5.74, 6) is 0.648. The van der Waals surface area contributed by atoms with Crippen LogP contribution in [-0.4, -0.2) is 22.7 Å². The summed E-state index contributed by atoms with van der Waals surface area (Å²) in [6.07, 6.45) is 1.23. The number of carbonyl (C=O) groups excluding carboxylic acids is 1. The van der Waals surface area contributed by atoms with E-state index in [0.717, 1.165) is 0 Å². The van der Waals surface area contributed by atoms with Crippen molar-refractivity contribution in [2.75, 3.05) is 17.4 Å². The highest BCUT2D eigenvalue weighted by Gasteiger charge is 2.15. The van der Waals surface area contributed by atoms with Gasteiger partial charge in [0.2, 0.25) is 6.79 Å². The summed E-state index contributed by atoms with van der Waals surface area (Å²) in [6.45, 7) is 0.156. The topological polar surface area (TPSA) is 85.4 Å². The molecule has 1 aliphatic rings. The van der Waals surface area contributed by atoms with Crippen molar-refractivity contribution in [3.63, 3.8) is 0 Å². The molecule has 4 rings (SSSR count). The molecule has 0 unspecified atom stereocenters. The van der Waals surface area contributed by atoms with Crippen LogP contribution in [0.2, 0.25) is 0 Å². The molecule has 2 heterocycles. The second kappa shape index (κ2) is 6.67. The maximum absolute atomic E-state index is 13.7. The molecular weight excluding hydrogens is 339 g/mol. The number of amides is 1. The van der Waals surface area contributed by atoms with E-state index in [1.807, 2.05) is 0 Å². The minimum absolute atomic E-state index is 0.136. The number of hydrogen-bond donors (Lipinski definition) is 2. The zero-order chi connectivity index (χ0) is 17.9. The molecule has 1 amide bonds. The SMILES string of the molecule is O=C(Nc1ccc2c(c1)OCO2)c1cc(Nc2ccccc2F)ncn1. The Morgan fingerprint density at radius 3 is 2.77 bits per heavy atom. The first kappa shape index (κ1) is 15.8. The standard InChI is InChI=1S/C18H13FN4O3/c19-12-3-1-2-4-13(12)23-17-8-14(20-9-21-17)18(24)22-11-5-6-15-16(7-11)26-10-25-15/h1-9H,10H2,(H,22,24)(H,20,21,23). The lowest BCUT2D eigenvalue weighted by Crippen LogP contribution is -2.14. The number of anilines is 3. The van der Waals surface area contributed by atoms with Gasteiger partial charge in [0.15, 0.2) is 11.5 Å². The fourth-order valence-corrected chi connectivity index (χ4v) is 2.42. The van der Waals surface area contributed by atoms with Crippen LogP contribution in [0, 0.1) is 5.82 Å². The van der Waals surface area contributed by atoms with Crippen molar-refractivity contribution in [2.45, 2.75) is 0 Å². The lowest BCUT2D eigenvalue weighted by atomic mass is 10.2. The average molecular weight is 352 g/mol. The third-order valence-corrected chi connectivity index (χ3v) is 3.67. The van der Waals surface area contributed by atoms with Crippen molar-refractivity contribution >= 4 is 23.1 Å². The number of rotatable bonds is 4. The molecule has 8 heteroatoms. The lowest BCUT2D eigenvalue weighted by Gasteiger charge is -2.08. The number of benzene rings is 2. The Balaban J connectivity index is 1.51. The van der Waals surface area contributed by atoms with E-state index in [1.165, 1.54) is 18.5 Å². The normalized spacial score (nSPS) is 11.9. The highest BCUT2D eigenvalue weighted by Crippen LogP contribution is 2.34. The van der Waals surface area contributed by atoms with Crippen molar-refractivity contribution < 1.29 is 18.7 Å². The highest BCUT2D eigenvalue weighted by molar-refractivity contribution is 6.03. The van der Waals surface area contributed by atoms with E-state index in [9.17, 15) is 9.18 Å². The molecule has 0 fully saturated rings. The molecule has 2 N–H and O–H groups in total. The number of hydrogen-bond acceptors (Lipinski definition) is 6. The molecule has 3 aromatic rings. The van der Waals surface area contributed by atoms with Crippen LogP contribution in [0.15, 0.2) is 54.9 Å². The van der Waals surface area contributed by atoms with E-state index >= 15 is 0 Å². The van der Waals surface area contributed by atoms with E-state index in [2.05, 4.69) is 20.6 Å². The van der Waals surface area contributed by atoms with E-state index in [4.69, 9.17) is 9.47 Å². The van der Waals surface area contributed by atoms with Crippen LogP contribution in [0.4, 0.5) is 21.6 Å². The Kier molecular flexibility index (Phi) is 4.06. The minimum Gasteiger partial charge on any atom is -0.454 e. The van der Waals surface area contributed by atoms with Gasteiger partial charge in [-0.2, -0.15) is 0 Å². The predicted octanol–water partition coefficient (Wildman–Crippen LogP) is 3.34. The summed E-state index contributed by atoms with van der Waals surface area (Å²) < 4.78 is 24.2. The summed E-state index contributed by atoms with van der Waals surface area (Å²) >= 11 is 0. The first-order valence-electron chi connectivity index (χ1n) is 7.74. The molecule has 0 saturated heterocycles. The van der Waals surface area contributed by atoms with Gasteiger partial charge in [0.05, 0.1) is 5.69 Å². The molecule has 26 heavy (non-hydrogen) atoms. The highest BCUT2D eigenvalue weighted by atomic mass is 19.1. The largest absolute Gasteiger partial charge is 0.454 e. The van der Waals surface area contributed by atoms with Gasteiger partial charge in [0.25, 0.3) is 5.91 Å². The number of fused-ring (bicyclic) bond motifs is 1. The molecule has 2 aromatic carbocycles. The van der Waals surface area contributed by atoms with Crippen LogP contribution in [0.25, 0.3) is 0 Å². The summed E-state index contributed by atoms with van der Waals surface area (Å²) in [7, 11) is 0. The molecule has 130 valence electrons. The van der Waals surface area contributed by atoms with Crippen LogP contribution in [-0.2, 0) is 0 Å². The van der Waals surface area contributed by atoms with Gasteiger partial charge in [-0.05, 0) is 24.3 Å². The third kappa shape index (κ3) is 3.25. The number of aromatic nitrogens is 2. The van der Waals surface area contributed by atoms with Gasteiger partial charge in [0.1, 0.15) is 23.7 Å². The van der Waals surface area contributed by atoms with Gasteiger partial charge in [-0.25, -0.2) is 14.4 Å². The zero-order valence-electron chi connectivity index (χ0n) is 13.4. The molecule has 0 aliphatic carbocycles. The van der Waals surface area contributed by atoms with Crippen LogP contribution in [0.3, 0.4) is 0 Å². The minimum atomic E-state index is -0.428. The Morgan fingerprint density at radius 2 is 1.88 bits per heavy atom. The fourth-order valence-electron chi connectivity index (χ4n) is 2.42. The first-order chi connectivity index (χ1) is 12.7. The Morgan fingerprint density at radius 1 is 1.04 bits per heavy atom.